The van der Waals surface area contributed by atoms with Crippen molar-refractivity contribution in [2.75, 3.05) is 29.8 Å². The highest BCUT2D eigenvalue weighted by Crippen LogP contribution is 2.44. The van der Waals surface area contributed by atoms with Crippen LogP contribution in [0.2, 0.25) is 0 Å². The third-order valence-electron chi connectivity index (χ3n) is 7.36. The number of sulfonamides is 1. The van der Waals surface area contributed by atoms with Crippen molar-refractivity contribution in [1.82, 2.24) is 4.98 Å². The smallest absolute Gasteiger partial charge is 0.264 e. The molecule has 0 radical (unpaired) electrons. The minimum Gasteiger partial charge on any atom is -0.330 e. The lowest BCUT2D eigenvalue weighted by atomic mass is 10.0. The summed E-state index contributed by atoms with van der Waals surface area (Å²) in [4.78, 5) is 21.3. The Kier molecular flexibility index (Phi) is 7.18. The zero-order chi connectivity index (χ0) is 27.9. The first-order valence-electron chi connectivity index (χ1n) is 13.1. The number of aromatic nitrogens is 1. The molecule has 5 aromatic rings. The fraction of sp³-hybridized carbons (Fsp3) is 0.200. The number of thiophene rings is 1. The van der Waals surface area contributed by atoms with Gasteiger partial charge >= 0.3 is 0 Å². The van der Waals surface area contributed by atoms with Crippen LogP contribution in [-0.2, 0) is 23.0 Å². The van der Waals surface area contributed by atoms with Crippen LogP contribution in [0.25, 0.3) is 20.8 Å². The predicted molar refractivity (Wildman–Crippen MR) is 163 cm³/mol. The van der Waals surface area contributed by atoms with Crippen LogP contribution >= 0.6 is 22.7 Å². The maximum absolute atomic E-state index is 13.4. The molecule has 1 aliphatic rings. The molecule has 0 spiro atoms. The molecule has 7 nitrogen and oxygen atoms in total. The number of nitrogens with one attached hydrogen (secondary N) is 2. The van der Waals surface area contributed by atoms with E-state index < -0.39 is 10.0 Å². The molecule has 0 saturated carbocycles. The van der Waals surface area contributed by atoms with Crippen LogP contribution in [0, 0.1) is 0 Å². The third-order valence-corrected chi connectivity index (χ3v) is 11.4. The lowest BCUT2D eigenvalue weighted by molar-refractivity contribution is -0.913. The molecule has 0 saturated heterocycles. The van der Waals surface area contributed by atoms with E-state index in [9.17, 15) is 13.2 Å². The van der Waals surface area contributed by atoms with Crippen molar-refractivity contribution in [2.45, 2.75) is 24.8 Å². The molecule has 3 aromatic carbocycles. The molecule has 2 aromatic heterocycles. The Balaban J connectivity index is 1.30. The summed E-state index contributed by atoms with van der Waals surface area (Å²) in [6.07, 6.45) is 0.942. The van der Waals surface area contributed by atoms with Gasteiger partial charge in [-0.15, -0.1) is 22.7 Å². The van der Waals surface area contributed by atoms with Crippen molar-refractivity contribution >= 4 is 59.5 Å². The molecule has 40 heavy (non-hydrogen) atoms. The van der Waals surface area contributed by atoms with Crippen molar-refractivity contribution in [3.8, 4) is 10.6 Å². The number of fused-ring (bicyclic) bond motifs is 2. The average Bonchev–Trinajstić information content (AvgIpc) is 3.57. The first kappa shape index (κ1) is 26.6. The highest BCUT2D eigenvalue weighted by atomic mass is 32.2. The second kappa shape index (κ2) is 10.8. The minimum atomic E-state index is -3.76. The van der Waals surface area contributed by atoms with Gasteiger partial charge in [-0.05, 0) is 61.0 Å². The Morgan fingerprint density at radius 2 is 1.73 bits per heavy atom. The average molecular weight is 590 g/mol. The summed E-state index contributed by atoms with van der Waals surface area (Å²) in [6.45, 7) is 5.25. The largest absolute Gasteiger partial charge is 0.330 e. The van der Waals surface area contributed by atoms with Crippen LogP contribution in [0.4, 0.5) is 10.7 Å². The Morgan fingerprint density at radius 1 is 1.00 bits per heavy atom. The summed E-state index contributed by atoms with van der Waals surface area (Å²) in [5.41, 5.74) is 4.21. The molecular formula is C30H29N4O3S3+. The van der Waals surface area contributed by atoms with Gasteiger partial charge in [0.05, 0.1) is 38.8 Å². The van der Waals surface area contributed by atoms with Gasteiger partial charge in [-0.25, -0.2) is 13.4 Å². The molecule has 1 amide bonds. The number of para-hydroxylation sites is 2. The van der Waals surface area contributed by atoms with Gasteiger partial charge in [-0.2, -0.15) is 0 Å². The Morgan fingerprint density at radius 3 is 2.45 bits per heavy atom. The topological polar surface area (TPSA) is 83.8 Å². The third kappa shape index (κ3) is 4.92. The Hall–Kier alpha value is -3.57. The number of likely N-dealkylation sites (N-methyl/N-ethyl adjacent to an activating group) is 1. The Labute approximate surface area is 241 Å². The number of hydrogen-bond donors (Lipinski definition) is 2. The number of nitrogens with zero attached hydrogens (tertiary/aromatic N) is 2. The number of hydrogen-bond acceptors (Lipinski definition) is 6. The van der Waals surface area contributed by atoms with Crippen molar-refractivity contribution in [2.24, 2.45) is 0 Å². The second-order valence-electron chi connectivity index (χ2n) is 9.76. The van der Waals surface area contributed by atoms with Gasteiger partial charge in [0.2, 0.25) is 0 Å². The highest BCUT2D eigenvalue weighted by Gasteiger charge is 2.29. The maximum Gasteiger partial charge on any atom is 0.264 e. The first-order chi connectivity index (χ1) is 19.3. The molecule has 2 N–H and O–H groups in total. The molecule has 0 fully saturated rings. The van der Waals surface area contributed by atoms with Gasteiger partial charge in [0.1, 0.15) is 16.6 Å². The number of anilines is 2. The molecule has 6 rings (SSSR count). The van der Waals surface area contributed by atoms with E-state index in [0.717, 1.165) is 51.8 Å². The molecule has 3 heterocycles. The monoisotopic (exact) mass is 589 g/mol. The molecule has 1 aliphatic heterocycles. The number of thiazole rings is 1. The summed E-state index contributed by atoms with van der Waals surface area (Å²) in [5.74, 6) is -0.277. The van der Waals surface area contributed by atoms with E-state index in [1.165, 1.54) is 38.8 Å². The molecule has 1 unspecified atom stereocenters. The number of quaternary nitrogens is 1. The van der Waals surface area contributed by atoms with E-state index in [-0.39, 0.29) is 10.8 Å². The van der Waals surface area contributed by atoms with Crippen molar-refractivity contribution < 1.29 is 18.1 Å². The summed E-state index contributed by atoms with van der Waals surface area (Å²) in [7, 11) is -2.24. The summed E-state index contributed by atoms with van der Waals surface area (Å²) in [5, 5.41) is 4.86. The Bertz CT molecular complexity index is 1760. The van der Waals surface area contributed by atoms with Crippen molar-refractivity contribution in [3.05, 3.63) is 94.9 Å². The van der Waals surface area contributed by atoms with E-state index in [4.69, 9.17) is 4.98 Å². The van der Waals surface area contributed by atoms with Crippen LogP contribution in [0.15, 0.2) is 83.8 Å². The first-order valence-corrected chi connectivity index (χ1v) is 16.2. The second-order valence-corrected chi connectivity index (χ2v) is 13.9. The van der Waals surface area contributed by atoms with Crippen LogP contribution in [0.5, 0.6) is 0 Å². The van der Waals surface area contributed by atoms with Crippen molar-refractivity contribution in [3.63, 3.8) is 0 Å². The number of carbonyl (C=O) groups is 1. The van der Waals surface area contributed by atoms with Gasteiger partial charge in [-0.1, -0.05) is 30.3 Å². The zero-order valence-corrected chi connectivity index (χ0v) is 24.6. The van der Waals surface area contributed by atoms with E-state index in [1.54, 1.807) is 59.1 Å². The van der Waals surface area contributed by atoms with Gasteiger partial charge in [0.25, 0.3) is 15.9 Å². The van der Waals surface area contributed by atoms with Crippen molar-refractivity contribution in [1.29, 1.82) is 0 Å². The molecular weight excluding hydrogens is 561 g/mol. The summed E-state index contributed by atoms with van der Waals surface area (Å²) < 4.78 is 28.7. The number of carbonyl (C=O) groups excluding carboxylic acids is 1. The van der Waals surface area contributed by atoms with E-state index in [1.807, 2.05) is 24.3 Å². The van der Waals surface area contributed by atoms with Crippen LogP contribution in [0.3, 0.4) is 0 Å². The van der Waals surface area contributed by atoms with Crippen LogP contribution in [-0.4, -0.2) is 39.4 Å². The van der Waals surface area contributed by atoms with E-state index in [0.29, 0.717) is 11.3 Å². The predicted octanol–water partition coefficient (Wildman–Crippen LogP) is 5.06. The molecule has 0 aliphatic carbocycles. The fourth-order valence-corrected chi connectivity index (χ4v) is 8.64. The van der Waals surface area contributed by atoms with Gasteiger partial charge < -0.3 is 10.2 Å². The normalized spacial score (nSPS) is 15.1. The lowest BCUT2D eigenvalue weighted by Crippen LogP contribution is -3.11. The zero-order valence-electron chi connectivity index (χ0n) is 22.2. The molecule has 1 atom stereocenters. The number of amides is 1. The quantitative estimate of drug-likeness (QED) is 0.278. The number of benzene rings is 3. The fourth-order valence-electron chi connectivity index (χ4n) is 5.02. The number of rotatable bonds is 7. The van der Waals surface area contributed by atoms with Gasteiger partial charge in [0.15, 0.2) is 0 Å². The van der Waals surface area contributed by atoms with Gasteiger partial charge in [-0.3, -0.25) is 9.10 Å². The molecule has 204 valence electrons. The standard InChI is InChI=1S/C30H28N4O3S3/c1-3-34-18-17-23-26(19-34)39-30(27(23)29-31-24-11-7-8-12-25(24)38-29)32-28(35)20-13-15-22(16-14-20)40(36,37)33(2)21-9-5-4-6-10-21/h4-16H,3,17-19H2,1-2H3,(H,32,35)/p+1. The summed E-state index contributed by atoms with van der Waals surface area (Å²) in [6, 6.07) is 23.1. The highest BCUT2D eigenvalue weighted by molar-refractivity contribution is 7.92. The van der Waals surface area contributed by atoms with E-state index in [2.05, 4.69) is 18.3 Å². The van der Waals surface area contributed by atoms with Crippen LogP contribution in [0.1, 0.15) is 27.7 Å². The van der Waals surface area contributed by atoms with Gasteiger partial charge in [0, 0.05) is 24.6 Å². The van der Waals surface area contributed by atoms with E-state index >= 15 is 0 Å². The SMILES string of the molecule is CC[NH+]1CCc2c(sc(NC(=O)c3ccc(S(=O)(=O)N(C)c4ccccc4)cc3)c2-c2nc3ccccc3s2)C1. The van der Waals surface area contributed by atoms with Crippen LogP contribution < -0.4 is 14.5 Å². The lowest BCUT2D eigenvalue weighted by Gasteiger charge is -2.22. The maximum atomic E-state index is 13.4. The minimum absolute atomic E-state index is 0.125. The molecule has 0 bridgehead atoms. The summed E-state index contributed by atoms with van der Waals surface area (Å²) >= 11 is 3.27. The molecule has 10 heteroatoms.